The van der Waals surface area contributed by atoms with Gasteiger partial charge < -0.3 is 15.6 Å². The van der Waals surface area contributed by atoms with E-state index >= 15 is 0 Å². The molecule has 3 N–H and O–H groups in total. The van der Waals surface area contributed by atoms with Crippen molar-refractivity contribution in [2.45, 2.75) is 19.9 Å². The van der Waals surface area contributed by atoms with Gasteiger partial charge in [-0.25, -0.2) is 0 Å². The number of hydrogen-bond acceptors (Lipinski definition) is 2. The van der Waals surface area contributed by atoms with Gasteiger partial charge in [0.05, 0.1) is 0 Å². The summed E-state index contributed by atoms with van der Waals surface area (Å²) in [6, 6.07) is 18.1. The second kappa shape index (κ2) is 7.32. The predicted molar refractivity (Wildman–Crippen MR) is 98.2 cm³/mol. The van der Waals surface area contributed by atoms with Gasteiger partial charge in [0.1, 0.15) is 0 Å². The van der Waals surface area contributed by atoms with Crippen molar-refractivity contribution in [3.8, 4) is 0 Å². The van der Waals surface area contributed by atoms with Crippen molar-refractivity contribution in [1.29, 1.82) is 0 Å². The third-order valence-electron chi connectivity index (χ3n) is 4.29. The summed E-state index contributed by atoms with van der Waals surface area (Å²) in [5.41, 5.74) is 9.79. The van der Waals surface area contributed by atoms with Crippen LogP contribution in [0, 0.1) is 6.92 Å². The zero-order valence-corrected chi connectivity index (χ0v) is 14.0. The van der Waals surface area contributed by atoms with Crippen LogP contribution in [-0.4, -0.2) is 23.6 Å². The largest absolute Gasteiger partial charge is 0.350 e. The number of carbonyl (C=O) groups is 1. The van der Waals surface area contributed by atoms with Crippen molar-refractivity contribution in [2.75, 3.05) is 13.1 Å². The van der Waals surface area contributed by atoms with Crippen LogP contribution in [0.1, 0.15) is 21.6 Å². The molecule has 1 amide bonds. The van der Waals surface area contributed by atoms with Crippen LogP contribution in [-0.2, 0) is 13.0 Å². The Morgan fingerprint density at radius 3 is 2.62 bits per heavy atom. The van der Waals surface area contributed by atoms with Crippen molar-refractivity contribution < 1.29 is 4.79 Å². The highest BCUT2D eigenvalue weighted by atomic mass is 16.1. The molecule has 2 aromatic carbocycles. The Labute approximate surface area is 142 Å². The van der Waals surface area contributed by atoms with Gasteiger partial charge in [-0.3, -0.25) is 4.79 Å². The van der Waals surface area contributed by atoms with Crippen molar-refractivity contribution in [3.05, 3.63) is 71.4 Å². The van der Waals surface area contributed by atoms with Gasteiger partial charge in [0.25, 0.3) is 5.91 Å². The first-order valence-electron chi connectivity index (χ1n) is 8.31. The van der Waals surface area contributed by atoms with E-state index in [1.165, 1.54) is 16.6 Å². The van der Waals surface area contributed by atoms with E-state index in [2.05, 4.69) is 35.0 Å². The molecule has 3 aromatic rings. The molecule has 0 fully saturated rings. The quantitative estimate of drug-likeness (QED) is 0.733. The van der Waals surface area contributed by atoms with Gasteiger partial charge in [-0.05, 0) is 55.1 Å². The number of nitrogens with zero attached hydrogens (tertiary/aromatic N) is 1. The molecule has 0 atom stereocenters. The van der Waals surface area contributed by atoms with Crippen LogP contribution in [0.15, 0.2) is 54.6 Å². The lowest BCUT2D eigenvalue weighted by Crippen LogP contribution is -2.27. The topological polar surface area (TPSA) is 60.0 Å². The van der Waals surface area contributed by atoms with Crippen LogP contribution < -0.4 is 11.1 Å². The third kappa shape index (κ3) is 3.49. The number of aromatic nitrogens is 1. The van der Waals surface area contributed by atoms with E-state index < -0.39 is 0 Å². The van der Waals surface area contributed by atoms with Gasteiger partial charge in [-0.15, -0.1) is 0 Å². The molecule has 124 valence electrons. The van der Waals surface area contributed by atoms with Crippen LogP contribution >= 0.6 is 0 Å². The Morgan fingerprint density at radius 1 is 1.12 bits per heavy atom. The molecule has 24 heavy (non-hydrogen) atoms. The van der Waals surface area contributed by atoms with Gasteiger partial charge in [0.15, 0.2) is 0 Å². The van der Waals surface area contributed by atoms with Crippen molar-refractivity contribution in [2.24, 2.45) is 5.73 Å². The number of nitrogens with two attached hydrogens (primary N) is 1. The van der Waals surface area contributed by atoms with Gasteiger partial charge in [-0.1, -0.05) is 30.3 Å². The first-order valence-corrected chi connectivity index (χ1v) is 8.31. The fourth-order valence-electron chi connectivity index (χ4n) is 3.02. The molecule has 0 aliphatic rings. The normalized spacial score (nSPS) is 10.9. The van der Waals surface area contributed by atoms with E-state index in [9.17, 15) is 4.79 Å². The molecule has 0 unspecified atom stereocenters. The number of nitrogens with one attached hydrogen (secondary N) is 1. The zero-order valence-electron chi connectivity index (χ0n) is 14.0. The number of para-hydroxylation sites is 1. The summed E-state index contributed by atoms with van der Waals surface area (Å²) >= 11 is 0. The fraction of sp³-hybridized carbons (Fsp3) is 0.250. The molecule has 0 aliphatic heterocycles. The molecule has 3 rings (SSSR count). The summed E-state index contributed by atoms with van der Waals surface area (Å²) in [5.74, 6) is -0.0385. The highest BCUT2D eigenvalue weighted by molar-refractivity contribution is 5.94. The molecule has 0 spiro atoms. The van der Waals surface area contributed by atoms with Crippen LogP contribution in [0.4, 0.5) is 0 Å². The summed E-state index contributed by atoms with van der Waals surface area (Å²) in [6.45, 7) is 4.08. The molecule has 0 saturated heterocycles. The molecule has 0 bridgehead atoms. The Kier molecular flexibility index (Phi) is 4.96. The average molecular weight is 321 g/mol. The third-order valence-corrected chi connectivity index (χ3v) is 4.29. The number of hydrogen-bond donors (Lipinski definition) is 2. The van der Waals surface area contributed by atoms with E-state index in [-0.39, 0.29) is 5.91 Å². The van der Waals surface area contributed by atoms with Crippen molar-refractivity contribution >= 4 is 16.8 Å². The van der Waals surface area contributed by atoms with E-state index in [0.717, 1.165) is 18.5 Å². The number of aryl methyl sites for hydroxylation is 1. The molecule has 0 radical (unpaired) electrons. The van der Waals surface area contributed by atoms with Crippen LogP contribution in [0.25, 0.3) is 10.9 Å². The van der Waals surface area contributed by atoms with E-state index in [4.69, 9.17) is 5.73 Å². The molecule has 1 heterocycles. The van der Waals surface area contributed by atoms with Gasteiger partial charge in [-0.2, -0.15) is 0 Å². The second-order valence-corrected chi connectivity index (χ2v) is 5.99. The molecule has 0 aliphatic carbocycles. The van der Waals surface area contributed by atoms with Crippen molar-refractivity contribution in [3.63, 3.8) is 0 Å². The number of benzene rings is 2. The average Bonchev–Trinajstić information content (AvgIpc) is 2.91. The molecule has 1 aromatic heterocycles. The summed E-state index contributed by atoms with van der Waals surface area (Å²) in [5, 5.41) is 4.23. The number of carbonyl (C=O) groups excluding carboxylic acids is 1. The first kappa shape index (κ1) is 16.3. The van der Waals surface area contributed by atoms with E-state index in [0.29, 0.717) is 18.7 Å². The summed E-state index contributed by atoms with van der Waals surface area (Å²) in [7, 11) is 0. The van der Waals surface area contributed by atoms with Gasteiger partial charge in [0.2, 0.25) is 0 Å². The first-order chi connectivity index (χ1) is 11.7. The Morgan fingerprint density at radius 2 is 1.88 bits per heavy atom. The standard InChI is InChI=1S/C20H23N3O/c1-15-14-18-4-2-3-5-19(18)23(15)13-12-22-20(24)17-8-6-16(7-9-17)10-11-21/h2-9,14H,10-13,21H2,1H3,(H,22,24). The zero-order chi connectivity index (χ0) is 16.9. The minimum Gasteiger partial charge on any atom is -0.350 e. The maximum absolute atomic E-state index is 12.2. The Hall–Kier alpha value is -2.59. The summed E-state index contributed by atoms with van der Waals surface area (Å²) in [6.07, 6.45) is 0.835. The Bertz CT molecular complexity index is 834. The molecular weight excluding hydrogens is 298 g/mol. The highest BCUT2D eigenvalue weighted by Crippen LogP contribution is 2.18. The maximum Gasteiger partial charge on any atom is 0.251 e. The SMILES string of the molecule is Cc1cc2ccccc2n1CCNC(=O)c1ccc(CCN)cc1. The van der Waals surface area contributed by atoms with Crippen molar-refractivity contribution in [1.82, 2.24) is 9.88 Å². The molecule has 0 saturated carbocycles. The number of amides is 1. The predicted octanol–water partition coefficient (Wildman–Crippen LogP) is 2.88. The van der Waals surface area contributed by atoms with Crippen LogP contribution in [0.5, 0.6) is 0 Å². The number of rotatable bonds is 6. The van der Waals surface area contributed by atoms with E-state index in [1.807, 2.05) is 36.4 Å². The summed E-state index contributed by atoms with van der Waals surface area (Å²) < 4.78 is 2.24. The van der Waals surface area contributed by atoms with Crippen LogP contribution in [0.3, 0.4) is 0 Å². The lowest BCUT2D eigenvalue weighted by molar-refractivity contribution is 0.0952. The smallest absolute Gasteiger partial charge is 0.251 e. The maximum atomic E-state index is 12.2. The monoisotopic (exact) mass is 321 g/mol. The second-order valence-electron chi connectivity index (χ2n) is 5.99. The molecular formula is C20H23N3O. The minimum atomic E-state index is -0.0385. The highest BCUT2D eigenvalue weighted by Gasteiger charge is 2.07. The minimum absolute atomic E-state index is 0.0385. The van der Waals surface area contributed by atoms with E-state index in [1.54, 1.807) is 0 Å². The Balaban J connectivity index is 1.61. The molecule has 4 nitrogen and oxygen atoms in total. The summed E-state index contributed by atoms with van der Waals surface area (Å²) in [4.78, 5) is 12.2. The van der Waals surface area contributed by atoms with Crippen LogP contribution in [0.2, 0.25) is 0 Å². The number of fused-ring (bicyclic) bond motifs is 1. The lowest BCUT2D eigenvalue weighted by atomic mass is 10.1. The molecule has 4 heteroatoms. The van der Waals surface area contributed by atoms with Gasteiger partial charge in [0, 0.05) is 29.9 Å². The van der Waals surface area contributed by atoms with Gasteiger partial charge >= 0.3 is 0 Å². The fourth-order valence-corrected chi connectivity index (χ4v) is 3.02. The lowest BCUT2D eigenvalue weighted by Gasteiger charge is -2.10.